The standard InChI is InChI=1S/C20H20ClFN4/c1-3-9-23-12-18-20-15(8-10-24-18)13(2)25-19(26-20)7-5-14-4-6-17(22)16(21)11-14/h3-4,6,8,10-11,23H,1-2,5,7,9,12H2,(H,25,26). The summed E-state index contributed by atoms with van der Waals surface area (Å²) in [5, 5.41) is 6.63. The molecule has 0 saturated carbocycles. The first-order chi connectivity index (χ1) is 12.6. The Bertz CT molecular complexity index is 876. The molecule has 0 bridgehead atoms. The number of aryl methyl sites for hydroxylation is 1. The van der Waals surface area contributed by atoms with Crippen LogP contribution in [0.25, 0.3) is 5.70 Å². The van der Waals surface area contributed by atoms with Crippen molar-refractivity contribution < 1.29 is 4.39 Å². The second kappa shape index (κ2) is 8.25. The van der Waals surface area contributed by atoms with Gasteiger partial charge in [-0.1, -0.05) is 30.3 Å². The number of benzene rings is 1. The molecule has 2 N–H and O–H groups in total. The maximum absolute atomic E-state index is 13.3. The fraction of sp³-hybridized carbons (Fsp3) is 0.200. The maximum atomic E-state index is 13.3. The van der Waals surface area contributed by atoms with Gasteiger partial charge < -0.3 is 10.6 Å². The third kappa shape index (κ3) is 4.18. The molecule has 0 unspecified atom stereocenters. The lowest BCUT2D eigenvalue weighted by atomic mass is 10.1. The number of hydrogen-bond donors (Lipinski definition) is 2. The summed E-state index contributed by atoms with van der Waals surface area (Å²) in [6, 6.07) is 6.67. The van der Waals surface area contributed by atoms with Gasteiger partial charge in [0.05, 0.1) is 16.4 Å². The Hall–Kier alpha value is -2.50. The molecule has 134 valence electrons. The zero-order chi connectivity index (χ0) is 18.5. The van der Waals surface area contributed by atoms with Crippen LogP contribution in [0.2, 0.25) is 5.02 Å². The Morgan fingerprint density at radius 1 is 1.27 bits per heavy atom. The van der Waals surface area contributed by atoms with Gasteiger partial charge in [0.25, 0.3) is 0 Å². The summed E-state index contributed by atoms with van der Waals surface area (Å²) >= 11 is 5.85. The van der Waals surface area contributed by atoms with Gasteiger partial charge in [0.1, 0.15) is 11.7 Å². The first kappa shape index (κ1) is 18.3. The number of amidine groups is 1. The van der Waals surface area contributed by atoms with E-state index in [1.54, 1.807) is 24.4 Å². The summed E-state index contributed by atoms with van der Waals surface area (Å²) in [7, 11) is 0. The van der Waals surface area contributed by atoms with Crippen molar-refractivity contribution >= 4 is 28.8 Å². The smallest absolute Gasteiger partial charge is 0.141 e. The van der Waals surface area contributed by atoms with Crippen molar-refractivity contribution in [2.75, 3.05) is 6.54 Å². The van der Waals surface area contributed by atoms with Crippen LogP contribution in [0.5, 0.6) is 0 Å². The number of rotatable bonds is 7. The Kier molecular flexibility index (Phi) is 5.81. The van der Waals surface area contributed by atoms with Crippen LogP contribution < -0.4 is 10.6 Å². The molecular weight excluding hydrogens is 351 g/mol. The lowest BCUT2D eigenvalue weighted by Gasteiger charge is -2.21. The highest BCUT2D eigenvalue weighted by Gasteiger charge is 2.18. The van der Waals surface area contributed by atoms with Gasteiger partial charge in [-0.2, -0.15) is 0 Å². The Morgan fingerprint density at radius 2 is 2.12 bits per heavy atom. The minimum Gasteiger partial charge on any atom is -0.344 e. The summed E-state index contributed by atoms with van der Waals surface area (Å²) in [4.78, 5) is 9.18. The van der Waals surface area contributed by atoms with E-state index in [4.69, 9.17) is 16.6 Å². The van der Waals surface area contributed by atoms with Gasteiger partial charge in [-0.3, -0.25) is 4.98 Å². The molecule has 0 amide bonds. The summed E-state index contributed by atoms with van der Waals surface area (Å²) in [5.74, 6) is 0.398. The zero-order valence-corrected chi connectivity index (χ0v) is 15.1. The summed E-state index contributed by atoms with van der Waals surface area (Å²) in [5.41, 5.74) is 4.41. The maximum Gasteiger partial charge on any atom is 0.141 e. The van der Waals surface area contributed by atoms with E-state index < -0.39 is 5.82 Å². The highest BCUT2D eigenvalue weighted by Crippen LogP contribution is 2.31. The van der Waals surface area contributed by atoms with Crippen LogP contribution in [-0.2, 0) is 13.0 Å². The van der Waals surface area contributed by atoms with E-state index in [2.05, 4.69) is 28.8 Å². The SMILES string of the molecule is C=CCNCc1nccc2c1N=C(CCc1ccc(F)c(Cl)c1)NC2=C. The van der Waals surface area contributed by atoms with Crippen molar-refractivity contribution in [1.29, 1.82) is 0 Å². The topological polar surface area (TPSA) is 49.3 Å². The molecule has 1 aromatic carbocycles. The molecule has 2 aromatic rings. The number of pyridine rings is 1. The van der Waals surface area contributed by atoms with E-state index in [0.29, 0.717) is 25.9 Å². The molecule has 0 spiro atoms. The molecule has 2 heterocycles. The van der Waals surface area contributed by atoms with Crippen molar-refractivity contribution in [3.05, 3.63) is 77.4 Å². The quantitative estimate of drug-likeness (QED) is 0.561. The van der Waals surface area contributed by atoms with Crippen LogP contribution in [0.1, 0.15) is 23.2 Å². The number of hydrogen-bond acceptors (Lipinski definition) is 4. The van der Waals surface area contributed by atoms with E-state index >= 15 is 0 Å². The molecule has 0 saturated heterocycles. The summed E-state index contributed by atoms with van der Waals surface area (Å²) < 4.78 is 13.3. The number of halogens is 2. The number of nitrogens with one attached hydrogen (secondary N) is 2. The van der Waals surface area contributed by atoms with E-state index in [-0.39, 0.29) is 5.02 Å². The number of aliphatic imine (C=N–C) groups is 1. The molecule has 3 rings (SSSR count). The molecule has 6 heteroatoms. The average molecular weight is 371 g/mol. The molecule has 1 aromatic heterocycles. The molecule has 1 aliphatic heterocycles. The summed E-state index contributed by atoms with van der Waals surface area (Å²) in [6.07, 6.45) is 4.92. The lowest BCUT2D eigenvalue weighted by molar-refractivity contribution is 0.627. The molecule has 26 heavy (non-hydrogen) atoms. The third-order valence-electron chi connectivity index (χ3n) is 4.08. The first-order valence-corrected chi connectivity index (χ1v) is 8.73. The van der Waals surface area contributed by atoms with Crippen LogP contribution in [0, 0.1) is 5.82 Å². The first-order valence-electron chi connectivity index (χ1n) is 8.35. The number of aromatic nitrogens is 1. The van der Waals surface area contributed by atoms with Gasteiger partial charge in [0, 0.05) is 37.0 Å². The van der Waals surface area contributed by atoms with Gasteiger partial charge in [-0.05, 0) is 30.2 Å². The van der Waals surface area contributed by atoms with Crippen LogP contribution in [0.15, 0.2) is 54.7 Å². The Morgan fingerprint density at radius 3 is 2.88 bits per heavy atom. The molecular formula is C20H20ClFN4. The monoisotopic (exact) mass is 370 g/mol. The van der Waals surface area contributed by atoms with Crippen molar-refractivity contribution in [1.82, 2.24) is 15.6 Å². The fourth-order valence-electron chi connectivity index (χ4n) is 2.77. The minimum absolute atomic E-state index is 0.135. The number of fused-ring (bicyclic) bond motifs is 1. The minimum atomic E-state index is -0.409. The van der Waals surface area contributed by atoms with Crippen LogP contribution in [-0.4, -0.2) is 17.4 Å². The van der Waals surface area contributed by atoms with Gasteiger partial charge in [-0.15, -0.1) is 6.58 Å². The van der Waals surface area contributed by atoms with E-state index in [0.717, 1.165) is 34.0 Å². The van der Waals surface area contributed by atoms with E-state index in [1.165, 1.54) is 6.07 Å². The Balaban J connectivity index is 1.78. The predicted octanol–water partition coefficient (Wildman–Crippen LogP) is 4.39. The van der Waals surface area contributed by atoms with Crippen molar-refractivity contribution in [2.45, 2.75) is 19.4 Å². The van der Waals surface area contributed by atoms with Crippen LogP contribution in [0.3, 0.4) is 0 Å². The zero-order valence-electron chi connectivity index (χ0n) is 14.4. The van der Waals surface area contributed by atoms with Crippen molar-refractivity contribution in [2.24, 2.45) is 4.99 Å². The van der Waals surface area contributed by atoms with Gasteiger partial charge >= 0.3 is 0 Å². The van der Waals surface area contributed by atoms with E-state index in [1.807, 2.05) is 6.07 Å². The second-order valence-electron chi connectivity index (χ2n) is 5.98. The van der Waals surface area contributed by atoms with Crippen LogP contribution >= 0.6 is 11.6 Å². The molecule has 0 atom stereocenters. The van der Waals surface area contributed by atoms with Gasteiger partial charge in [-0.25, -0.2) is 9.38 Å². The average Bonchev–Trinajstić information content (AvgIpc) is 2.63. The summed E-state index contributed by atoms with van der Waals surface area (Å²) in [6.45, 7) is 9.10. The normalized spacial score (nSPS) is 13.0. The number of nitrogens with zero attached hydrogens (tertiary/aromatic N) is 2. The Labute approximate surface area is 157 Å². The molecule has 1 aliphatic rings. The fourth-order valence-corrected chi connectivity index (χ4v) is 2.97. The van der Waals surface area contributed by atoms with Crippen LogP contribution in [0.4, 0.5) is 10.1 Å². The van der Waals surface area contributed by atoms with Gasteiger partial charge in [0.15, 0.2) is 0 Å². The highest BCUT2D eigenvalue weighted by atomic mass is 35.5. The van der Waals surface area contributed by atoms with Gasteiger partial charge in [0.2, 0.25) is 0 Å². The third-order valence-corrected chi connectivity index (χ3v) is 4.37. The molecule has 0 radical (unpaired) electrons. The molecule has 4 nitrogen and oxygen atoms in total. The molecule has 0 aliphatic carbocycles. The molecule has 0 fully saturated rings. The highest BCUT2D eigenvalue weighted by molar-refractivity contribution is 6.30. The second-order valence-corrected chi connectivity index (χ2v) is 6.39. The van der Waals surface area contributed by atoms with Crippen molar-refractivity contribution in [3.63, 3.8) is 0 Å². The van der Waals surface area contributed by atoms with Crippen molar-refractivity contribution in [3.8, 4) is 0 Å². The predicted molar refractivity (Wildman–Crippen MR) is 105 cm³/mol. The lowest BCUT2D eigenvalue weighted by Crippen LogP contribution is -2.26. The largest absolute Gasteiger partial charge is 0.344 e. The van der Waals surface area contributed by atoms with E-state index in [9.17, 15) is 4.39 Å².